The largest absolute Gasteiger partial charge is 0.480 e. The van der Waals surface area contributed by atoms with Crippen molar-refractivity contribution in [2.75, 3.05) is 5.75 Å². The molecule has 3 unspecified atom stereocenters. The number of amides is 1. The van der Waals surface area contributed by atoms with Crippen LogP contribution in [0.1, 0.15) is 47.0 Å². The number of unbranched alkanes of at least 4 members (excludes halogenated alkanes) is 1. The van der Waals surface area contributed by atoms with Gasteiger partial charge in [-0.1, -0.05) is 40.5 Å². The van der Waals surface area contributed by atoms with Gasteiger partial charge in [0.15, 0.2) is 0 Å². The maximum absolute atomic E-state index is 12.5. The number of carbonyl (C=O) groups is 2. The lowest BCUT2D eigenvalue weighted by molar-refractivity contribution is -0.151. The number of carboxylic acid groups (broad SMARTS) is 1. The molecule has 1 N–H and O–H groups in total. The zero-order valence-electron chi connectivity index (χ0n) is 12.3. The van der Waals surface area contributed by atoms with Crippen LogP contribution in [0.4, 0.5) is 0 Å². The summed E-state index contributed by atoms with van der Waals surface area (Å²) in [5.74, 6) is -0.181. The summed E-state index contributed by atoms with van der Waals surface area (Å²) < 4.78 is 0. The first-order chi connectivity index (χ1) is 8.90. The fourth-order valence-electron chi connectivity index (χ4n) is 2.40. The molecule has 0 radical (unpaired) electrons. The van der Waals surface area contributed by atoms with E-state index in [2.05, 4.69) is 6.92 Å². The average molecular weight is 287 g/mol. The Labute approximate surface area is 119 Å². The predicted octanol–water partition coefficient (Wildman–Crippen LogP) is 2.82. The Balaban J connectivity index is 2.83. The Morgan fingerprint density at radius 1 is 1.37 bits per heavy atom. The van der Waals surface area contributed by atoms with Gasteiger partial charge in [0.25, 0.3) is 0 Å². The highest BCUT2D eigenvalue weighted by atomic mass is 32.2. The van der Waals surface area contributed by atoms with E-state index in [0.29, 0.717) is 5.75 Å². The third-order valence-electron chi connectivity index (χ3n) is 3.56. The minimum absolute atomic E-state index is 0.00215. The number of carboxylic acids is 1. The van der Waals surface area contributed by atoms with E-state index in [1.807, 2.05) is 20.8 Å². The molecule has 5 heteroatoms. The molecule has 0 aromatic carbocycles. The van der Waals surface area contributed by atoms with Gasteiger partial charge in [0.1, 0.15) is 6.04 Å². The molecule has 0 aromatic heterocycles. The normalized spacial score (nSPS) is 24.8. The van der Waals surface area contributed by atoms with Gasteiger partial charge in [0.2, 0.25) is 5.91 Å². The van der Waals surface area contributed by atoms with Crippen molar-refractivity contribution in [1.82, 2.24) is 4.90 Å². The van der Waals surface area contributed by atoms with Crippen molar-refractivity contribution in [3.05, 3.63) is 0 Å². The van der Waals surface area contributed by atoms with Crippen molar-refractivity contribution >= 4 is 23.6 Å². The maximum atomic E-state index is 12.5. The van der Waals surface area contributed by atoms with Gasteiger partial charge in [-0.3, -0.25) is 4.79 Å². The Hall–Kier alpha value is -0.710. The van der Waals surface area contributed by atoms with Crippen LogP contribution in [0.25, 0.3) is 0 Å². The van der Waals surface area contributed by atoms with Gasteiger partial charge in [-0.2, -0.15) is 0 Å². The number of aliphatic carboxylic acids is 1. The summed E-state index contributed by atoms with van der Waals surface area (Å²) in [5, 5.41) is 9.28. The van der Waals surface area contributed by atoms with Crippen molar-refractivity contribution in [3.63, 3.8) is 0 Å². The van der Waals surface area contributed by atoms with Crippen LogP contribution >= 0.6 is 11.8 Å². The van der Waals surface area contributed by atoms with Gasteiger partial charge in [-0.05, 0) is 12.3 Å². The number of hydrogen-bond donors (Lipinski definition) is 1. The molecule has 0 aromatic rings. The summed E-state index contributed by atoms with van der Waals surface area (Å²) in [7, 11) is 0. The SMILES string of the molecule is CCCCC(C)C(=O)N1C(C(=O)O)CSC1C(C)C. The third-order valence-corrected chi connectivity index (χ3v) is 5.18. The minimum atomic E-state index is -0.883. The third kappa shape index (κ3) is 3.88. The monoisotopic (exact) mass is 287 g/mol. The summed E-state index contributed by atoms with van der Waals surface area (Å²) >= 11 is 1.59. The number of hydrogen-bond acceptors (Lipinski definition) is 3. The van der Waals surface area contributed by atoms with Gasteiger partial charge < -0.3 is 10.0 Å². The van der Waals surface area contributed by atoms with Crippen LogP contribution in [-0.4, -0.2) is 39.1 Å². The Kier molecular flexibility index (Phi) is 6.17. The summed E-state index contributed by atoms with van der Waals surface area (Å²) in [6, 6.07) is -0.658. The van der Waals surface area contributed by atoms with E-state index in [4.69, 9.17) is 0 Å². The Bertz CT molecular complexity index is 333. The second kappa shape index (κ2) is 7.17. The standard InChI is InChI=1S/C14H25NO3S/c1-5-6-7-10(4)12(16)15-11(14(17)18)8-19-13(15)9(2)3/h9-11,13H,5-8H2,1-4H3,(H,17,18). The van der Waals surface area contributed by atoms with Crippen LogP contribution in [0.5, 0.6) is 0 Å². The molecule has 1 amide bonds. The highest BCUT2D eigenvalue weighted by Crippen LogP contribution is 2.35. The molecule has 0 saturated carbocycles. The molecule has 0 bridgehead atoms. The van der Waals surface area contributed by atoms with Crippen LogP contribution < -0.4 is 0 Å². The molecule has 0 spiro atoms. The fraction of sp³-hybridized carbons (Fsp3) is 0.857. The number of thioether (sulfide) groups is 1. The van der Waals surface area contributed by atoms with Crippen LogP contribution in [0.2, 0.25) is 0 Å². The molecule has 110 valence electrons. The molecular formula is C14H25NO3S. The van der Waals surface area contributed by atoms with E-state index in [0.717, 1.165) is 19.3 Å². The predicted molar refractivity (Wildman–Crippen MR) is 78.0 cm³/mol. The van der Waals surface area contributed by atoms with Crippen molar-refractivity contribution in [1.29, 1.82) is 0 Å². The van der Waals surface area contributed by atoms with Gasteiger partial charge in [0.05, 0.1) is 5.37 Å². The van der Waals surface area contributed by atoms with E-state index >= 15 is 0 Å². The highest BCUT2D eigenvalue weighted by molar-refractivity contribution is 8.00. The first-order valence-electron chi connectivity index (χ1n) is 7.06. The quantitative estimate of drug-likeness (QED) is 0.816. The van der Waals surface area contributed by atoms with Gasteiger partial charge >= 0.3 is 5.97 Å². The lowest BCUT2D eigenvalue weighted by atomic mass is 10.0. The lowest BCUT2D eigenvalue weighted by Gasteiger charge is -2.32. The summed E-state index contributed by atoms with van der Waals surface area (Å²) in [6.45, 7) is 8.09. The van der Waals surface area contributed by atoms with E-state index in [-0.39, 0.29) is 23.1 Å². The number of carbonyl (C=O) groups excluding carboxylic acids is 1. The van der Waals surface area contributed by atoms with E-state index in [9.17, 15) is 14.7 Å². The second-order valence-electron chi connectivity index (χ2n) is 5.61. The summed E-state index contributed by atoms with van der Waals surface area (Å²) in [6.07, 6.45) is 2.91. The first-order valence-corrected chi connectivity index (χ1v) is 8.11. The molecule has 1 heterocycles. The van der Waals surface area contributed by atoms with Gasteiger partial charge in [-0.15, -0.1) is 11.8 Å². The van der Waals surface area contributed by atoms with Crippen molar-refractivity contribution in [2.24, 2.45) is 11.8 Å². The Morgan fingerprint density at radius 2 is 2.00 bits per heavy atom. The number of nitrogens with zero attached hydrogens (tertiary/aromatic N) is 1. The van der Waals surface area contributed by atoms with Crippen molar-refractivity contribution < 1.29 is 14.7 Å². The smallest absolute Gasteiger partial charge is 0.327 e. The summed E-state index contributed by atoms with van der Waals surface area (Å²) in [4.78, 5) is 25.5. The fourth-order valence-corrected chi connectivity index (χ4v) is 3.88. The van der Waals surface area contributed by atoms with E-state index in [1.165, 1.54) is 0 Å². The highest BCUT2D eigenvalue weighted by Gasteiger charge is 2.43. The van der Waals surface area contributed by atoms with Crippen molar-refractivity contribution in [2.45, 2.75) is 58.4 Å². The van der Waals surface area contributed by atoms with Crippen molar-refractivity contribution in [3.8, 4) is 0 Å². The van der Waals surface area contributed by atoms with Crippen LogP contribution in [-0.2, 0) is 9.59 Å². The minimum Gasteiger partial charge on any atom is -0.480 e. The molecule has 1 aliphatic heterocycles. The molecule has 1 rings (SSSR count). The maximum Gasteiger partial charge on any atom is 0.327 e. The second-order valence-corrected chi connectivity index (χ2v) is 6.76. The molecule has 4 nitrogen and oxygen atoms in total. The molecule has 3 atom stereocenters. The summed E-state index contributed by atoms with van der Waals surface area (Å²) in [5.41, 5.74) is 0. The lowest BCUT2D eigenvalue weighted by Crippen LogP contribution is -2.49. The first kappa shape index (κ1) is 16.3. The molecular weight excluding hydrogens is 262 g/mol. The van der Waals surface area contributed by atoms with Crippen LogP contribution in [0.15, 0.2) is 0 Å². The van der Waals surface area contributed by atoms with Crippen LogP contribution in [0.3, 0.4) is 0 Å². The number of rotatable bonds is 6. The zero-order chi connectivity index (χ0) is 14.6. The molecule has 1 saturated heterocycles. The molecule has 0 aliphatic carbocycles. The molecule has 1 aliphatic rings. The zero-order valence-corrected chi connectivity index (χ0v) is 13.1. The topological polar surface area (TPSA) is 57.6 Å². The van der Waals surface area contributed by atoms with Gasteiger partial charge in [0, 0.05) is 11.7 Å². The van der Waals surface area contributed by atoms with Crippen LogP contribution in [0, 0.1) is 11.8 Å². The molecule has 1 fully saturated rings. The average Bonchev–Trinajstić information content (AvgIpc) is 2.79. The molecule has 19 heavy (non-hydrogen) atoms. The Morgan fingerprint density at radius 3 is 2.47 bits per heavy atom. The van der Waals surface area contributed by atoms with E-state index < -0.39 is 12.0 Å². The van der Waals surface area contributed by atoms with Gasteiger partial charge in [-0.25, -0.2) is 4.79 Å². The van der Waals surface area contributed by atoms with E-state index in [1.54, 1.807) is 16.7 Å².